The Hall–Kier alpha value is -1.12. The molecule has 0 bridgehead atoms. The number of amides is 1. The van der Waals surface area contributed by atoms with Crippen LogP contribution in [0.2, 0.25) is 0 Å². The maximum absolute atomic E-state index is 11.5. The van der Waals surface area contributed by atoms with Crippen LogP contribution in [0.4, 0.5) is 0 Å². The minimum Gasteiger partial charge on any atom is -0.361 e. The minimum atomic E-state index is -0.397. The molecule has 16 heavy (non-hydrogen) atoms. The second-order valence-corrected chi connectivity index (χ2v) is 4.42. The minimum absolute atomic E-state index is 0.0206. The zero-order chi connectivity index (χ0) is 12.0. The molecule has 5 heteroatoms. The molecule has 90 valence electrons. The molecule has 1 unspecified atom stereocenters. The van der Waals surface area contributed by atoms with Crippen LogP contribution in [0.5, 0.6) is 0 Å². The van der Waals surface area contributed by atoms with E-state index in [4.69, 9.17) is 10.00 Å². The van der Waals surface area contributed by atoms with Crippen LogP contribution >= 0.6 is 0 Å². The van der Waals surface area contributed by atoms with Crippen LogP contribution in [0.25, 0.3) is 0 Å². The summed E-state index contributed by atoms with van der Waals surface area (Å²) in [6, 6.07) is 2.06. The lowest BCUT2D eigenvalue weighted by Gasteiger charge is -2.29. The second kappa shape index (κ2) is 6.46. The van der Waals surface area contributed by atoms with Gasteiger partial charge >= 0.3 is 0 Å². The van der Waals surface area contributed by atoms with E-state index in [2.05, 4.69) is 25.2 Å². The van der Waals surface area contributed by atoms with Crippen molar-refractivity contribution in [2.45, 2.75) is 20.0 Å². The summed E-state index contributed by atoms with van der Waals surface area (Å²) in [5.74, 6) is 0.479. The smallest absolute Gasteiger partial charge is 0.234 e. The van der Waals surface area contributed by atoms with Crippen LogP contribution < -0.4 is 5.32 Å². The predicted molar refractivity (Wildman–Crippen MR) is 59.6 cm³/mol. The van der Waals surface area contributed by atoms with Crippen molar-refractivity contribution in [3.05, 3.63) is 0 Å². The number of carbonyl (C=O) groups is 1. The molecule has 0 radical (unpaired) electrons. The fraction of sp³-hybridized carbons (Fsp3) is 0.818. The Balaban J connectivity index is 2.25. The first-order chi connectivity index (χ1) is 7.61. The van der Waals surface area contributed by atoms with Gasteiger partial charge in [-0.1, -0.05) is 13.8 Å². The molecule has 0 aromatic rings. The lowest BCUT2D eigenvalue weighted by molar-refractivity contribution is -0.123. The summed E-state index contributed by atoms with van der Waals surface area (Å²) in [7, 11) is 0. The summed E-state index contributed by atoms with van der Waals surface area (Å²) >= 11 is 0. The van der Waals surface area contributed by atoms with Crippen molar-refractivity contribution in [2.24, 2.45) is 5.92 Å². The number of rotatable bonds is 4. The maximum atomic E-state index is 11.5. The zero-order valence-corrected chi connectivity index (χ0v) is 9.90. The van der Waals surface area contributed by atoms with Crippen LogP contribution in [-0.2, 0) is 9.53 Å². The lowest BCUT2D eigenvalue weighted by Crippen LogP contribution is -2.46. The van der Waals surface area contributed by atoms with Gasteiger partial charge in [0.25, 0.3) is 0 Å². The van der Waals surface area contributed by atoms with Gasteiger partial charge in [-0.25, -0.2) is 0 Å². The quantitative estimate of drug-likeness (QED) is 0.730. The number of morpholine rings is 1. The predicted octanol–water partition coefficient (Wildman–Crippen LogP) is -0.0170. The van der Waals surface area contributed by atoms with Crippen molar-refractivity contribution in [1.82, 2.24) is 10.2 Å². The van der Waals surface area contributed by atoms with Gasteiger partial charge in [-0.05, 0) is 5.92 Å². The van der Waals surface area contributed by atoms with Gasteiger partial charge in [0.15, 0.2) is 6.10 Å². The van der Waals surface area contributed by atoms with E-state index in [0.717, 1.165) is 0 Å². The first kappa shape index (κ1) is 12.9. The summed E-state index contributed by atoms with van der Waals surface area (Å²) < 4.78 is 5.20. The molecular formula is C11H19N3O2. The van der Waals surface area contributed by atoms with Crippen molar-refractivity contribution in [1.29, 1.82) is 5.26 Å². The van der Waals surface area contributed by atoms with Crippen LogP contribution in [0, 0.1) is 17.2 Å². The van der Waals surface area contributed by atoms with Gasteiger partial charge < -0.3 is 10.1 Å². The van der Waals surface area contributed by atoms with Gasteiger partial charge in [0.05, 0.1) is 19.2 Å². The maximum Gasteiger partial charge on any atom is 0.234 e. The molecule has 1 amide bonds. The van der Waals surface area contributed by atoms with Crippen LogP contribution in [0.1, 0.15) is 13.8 Å². The van der Waals surface area contributed by atoms with Crippen molar-refractivity contribution in [3.63, 3.8) is 0 Å². The Morgan fingerprint density at radius 2 is 2.44 bits per heavy atom. The number of nitriles is 1. The standard InChI is InChI=1S/C11H19N3O2/c1-9(2)6-13-11(15)8-14-3-4-16-10(5-12)7-14/h9-10H,3-4,6-8H2,1-2H3,(H,13,15). The molecule has 1 aliphatic heterocycles. The third-order valence-corrected chi connectivity index (χ3v) is 2.37. The highest BCUT2D eigenvalue weighted by Gasteiger charge is 2.21. The van der Waals surface area contributed by atoms with Crippen molar-refractivity contribution >= 4 is 5.91 Å². The highest BCUT2D eigenvalue weighted by atomic mass is 16.5. The molecule has 1 rings (SSSR count). The first-order valence-corrected chi connectivity index (χ1v) is 5.62. The lowest BCUT2D eigenvalue weighted by atomic mass is 10.2. The van der Waals surface area contributed by atoms with Gasteiger partial charge in [0, 0.05) is 19.6 Å². The summed E-state index contributed by atoms with van der Waals surface area (Å²) in [5.41, 5.74) is 0. The Kier molecular flexibility index (Phi) is 5.23. The molecule has 0 spiro atoms. The molecule has 0 aliphatic carbocycles. The fourth-order valence-electron chi connectivity index (χ4n) is 1.50. The first-order valence-electron chi connectivity index (χ1n) is 5.62. The van der Waals surface area contributed by atoms with Crippen LogP contribution in [-0.4, -0.2) is 49.7 Å². The van der Waals surface area contributed by atoms with Gasteiger partial charge in [-0.15, -0.1) is 0 Å². The van der Waals surface area contributed by atoms with Gasteiger partial charge in [-0.3, -0.25) is 9.69 Å². The molecule has 1 atom stereocenters. The number of ether oxygens (including phenoxy) is 1. The largest absolute Gasteiger partial charge is 0.361 e. The number of carbonyl (C=O) groups excluding carboxylic acids is 1. The molecule has 1 fully saturated rings. The van der Waals surface area contributed by atoms with Gasteiger partial charge in [0.1, 0.15) is 0 Å². The molecule has 1 saturated heterocycles. The van der Waals surface area contributed by atoms with Gasteiger partial charge in [-0.2, -0.15) is 5.26 Å². The highest BCUT2D eigenvalue weighted by molar-refractivity contribution is 5.78. The average molecular weight is 225 g/mol. The SMILES string of the molecule is CC(C)CNC(=O)CN1CCOC(C#N)C1. The highest BCUT2D eigenvalue weighted by Crippen LogP contribution is 2.03. The van der Waals surface area contributed by atoms with E-state index in [1.165, 1.54) is 0 Å². The topological polar surface area (TPSA) is 65.4 Å². The van der Waals surface area contributed by atoms with E-state index in [-0.39, 0.29) is 5.91 Å². The average Bonchev–Trinajstić information content (AvgIpc) is 2.26. The molecule has 0 saturated carbocycles. The van der Waals surface area contributed by atoms with Crippen LogP contribution in [0.15, 0.2) is 0 Å². The van der Waals surface area contributed by atoms with Crippen molar-refractivity contribution in [3.8, 4) is 6.07 Å². The Bertz CT molecular complexity index is 273. The van der Waals surface area contributed by atoms with E-state index < -0.39 is 6.10 Å². The van der Waals surface area contributed by atoms with Crippen molar-refractivity contribution < 1.29 is 9.53 Å². The van der Waals surface area contributed by atoms with Crippen molar-refractivity contribution in [2.75, 3.05) is 32.8 Å². The zero-order valence-electron chi connectivity index (χ0n) is 9.90. The molecule has 5 nitrogen and oxygen atoms in total. The molecular weight excluding hydrogens is 206 g/mol. The molecule has 0 aromatic heterocycles. The third-order valence-electron chi connectivity index (χ3n) is 2.37. The number of hydrogen-bond donors (Lipinski definition) is 1. The summed E-state index contributed by atoms with van der Waals surface area (Å²) in [6.07, 6.45) is -0.397. The monoisotopic (exact) mass is 225 g/mol. The van der Waals surface area contributed by atoms with Gasteiger partial charge in [0.2, 0.25) is 5.91 Å². The van der Waals surface area contributed by atoms with E-state index in [0.29, 0.717) is 38.7 Å². The Morgan fingerprint density at radius 1 is 1.69 bits per heavy atom. The molecule has 1 N–H and O–H groups in total. The molecule has 1 aliphatic rings. The molecule has 0 aromatic carbocycles. The fourth-order valence-corrected chi connectivity index (χ4v) is 1.50. The van der Waals surface area contributed by atoms with E-state index in [1.54, 1.807) is 0 Å². The Morgan fingerprint density at radius 3 is 3.06 bits per heavy atom. The van der Waals surface area contributed by atoms with E-state index >= 15 is 0 Å². The Labute approximate surface area is 96.4 Å². The van der Waals surface area contributed by atoms with Crippen LogP contribution in [0.3, 0.4) is 0 Å². The number of hydrogen-bond acceptors (Lipinski definition) is 4. The number of nitrogens with one attached hydrogen (secondary N) is 1. The summed E-state index contributed by atoms with van der Waals surface area (Å²) in [6.45, 7) is 6.93. The number of nitrogens with zero attached hydrogens (tertiary/aromatic N) is 2. The normalized spacial score (nSPS) is 21.8. The van der Waals surface area contributed by atoms with E-state index in [1.807, 2.05) is 4.90 Å². The van der Waals surface area contributed by atoms with E-state index in [9.17, 15) is 4.79 Å². The second-order valence-electron chi connectivity index (χ2n) is 4.42. The third kappa shape index (κ3) is 4.60. The molecule has 1 heterocycles. The summed E-state index contributed by atoms with van der Waals surface area (Å²) in [5, 5.41) is 11.6. The summed E-state index contributed by atoms with van der Waals surface area (Å²) in [4.78, 5) is 13.5.